The molecule has 298 valence electrons. The minimum atomic E-state index is -0.0747. The van der Waals surface area contributed by atoms with Crippen LogP contribution in [0.1, 0.15) is 79.0 Å². The van der Waals surface area contributed by atoms with Crippen LogP contribution in [0.15, 0.2) is 146 Å². The molecule has 0 saturated carbocycles. The molecule has 0 radical (unpaired) electrons. The maximum atomic E-state index is 2.63. The van der Waals surface area contributed by atoms with Crippen LogP contribution in [0.25, 0.3) is 87.0 Å². The van der Waals surface area contributed by atoms with Crippen LogP contribution in [0, 0.1) is 0 Å². The molecule has 0 bridgehead atoms. The first kappa shape index (κ1) is 36.3. The van der Waals surface area contributed by atoms with Crippen LogP contribution in [0.5, 0.6) is 0 Å². The van der Waals surface area contributed by atoms with Crippen molar-refractivity contribution in [1.29, 1.82) is 0 Å². The number of rotatable bonds is 3. The molecular formula is C58H51N3. The third-order valence-electron chi connectivity index (χ3n) is 13.7. The first-order valence-electron chi connectivity index (χ1n) is 21.9. The number of nitrogens with zero attached hydrogens (tertiary/aromatic N) is 3. The molecule has 12 rings (SSSR count). The van der Waals surface area contributed by atoms with E-state index in [0.29, 0.717) is 0 Å². The van der Waals surface area contributed by atoms with E-state index in [2.05, 4.69) is 222 Å². The fraction of sp³-hybridized carbons (Fsp3) is 0.207. The van der Waals surface area contributed by atoms with Crippen molar-refractivity contribution in [3.63, 3.8) is 0 Å². The van der Waals surface area contributed by atoms with Gasteiger partial charge in [-0.05, 0) is 129 Å². The highest BCUT2D eigenvalue weighted by Crippen LogP contribution is 2.51. The molecule has 0 aliphatic rings. The molecule has 3 nitrogen and oxygen atoms in total. The van der Waals surface area contributed by atoms with E-state index in [1.807, 2.05) is 0 Å². The van der Waals surface area contributed by atoms with Crippen LogP contribution in [-0.4, -0.2) is 8.80 Å². The second kappa shape index (κ2) is 12.0. The Balaban J connectivity index is 1.32. The highest BCUT2D eigenvalue weighted by atomic mass is 15.2. The van der Waals surface area contributed by atoms with Gasteiger partial charge in [-0.1, -0.05) is 123 Å². The van der Waals surface area contributed by atoms with Gasteiger partial charge in [0, 0.05) is 54.5 Å². The van der Waals surface area contributed by atoms with Crippen molar-refractivity contribution in [1.82, 2.24) is 8.80 Å². The van der Waals surface area contributed by atoms with E-state index in [9.17, 15) is 0 Å². The second-order valence-corrected chi connectivity index (χ2v) is 20.8. The van der Waals surface area contributed by atoms with E-state index < -0.39 is 0 Å². The summed E-state index contributed by atoms with van der Waals surface area (Å²) in [4.78, 5) is 2.48. The largest absolute Gasteiger partial charge is 0.308 e. The molecule has 61 heavy (non-hydrogen) atoms. The van der Waals surface area contributed by atoms with Crippen LogP contribution >= 0.6 is 0 Å². The second-order valence-electron chi connectivity index (χ2n) is 20.8. The Morgan fingerprint density at radius 3 is 1.18 bits per heavy atom. The summed E-state index contributed by atoms with van der Waals surface area (Å²) in [6.07, 6.45) is 0. The van der Waals surface area contributed by atoms with Crippen LogP contribution < -0.4 is 4.90 Å². The van der Waals surface area contributed by atoms with Crippen molar-refractivity contribution in [2.24, 2.45) is 0 Å². The molecule has 0 spiro atoms. The van der Waals surface area contributed by atoms with Crippen LogP contribution in [0.3, 0.4) is 0 Å². The molecule has 8 aromatic carbocycles. The van der Waals surface area contributed by atoms with Gasteiger partial charge >= 0.3 is 0 Å². The van der Waals surface area contributed by atoms with Crippen molar-refractivity contribution in [2.45, 2.75) is 78.6 Å². The van der Waals surface area contributed by atoms with E-state index in [4.69, 9.17) is 0 Å². The number of benzene rings is 8. The third kappa shape index (κ3) is 5.10. The molecule has 0 N–H and O–H groups in total. The molecule has 4 heterocycles. The van der Waals surface area contributed by atoms with E-state index >= 15 is 0 Å². The molecule has 4 aromatic heterocycles. The molecule has 3 heteroatoms. The number of aromatic nitrogens is 2. The summed E-state index contributed by atoms with van der Waals surface area (Å²) in [5.41, 5.74) is 15.0. The lowest BCUT2D eigenvalue weighted by atomic mass is 9.84. The van der Waals surface area contributed by atoms with Crippen molar-refractivity contribution >= 4 is 104 Å². The maximum absolute atomic E-state index is 2.63. The van der Waals surface area contributed by atoms with Gasteiger partial charge in [-0.25, -0.2) is 0 Å². The number of anilines is 3. The Hall–Kier alpha value is -6.58. The summed E-state index contributed by atoms with van der Waals surface area (Å²) in [6.45, 7) is 21.1. The third-order valence-corrected chi connectivity index (χ3v) is 13.7. The lowest BCUT2D eigenvalue weighted by molar-refractivity contribution is 0.591. The average Bonchev–Trinajstić information content (AvgIpc) is 3.94. The Bertz CT molecular complexity index is 3690. The van der Waals surface area contributed by atoms with Gasteiger partial charge in [0.2, 0.25) is 0 Å². The first-order valence-corrected chi connectivity index (χ1v) is 21.9. The van der Waals surface area contributed by atoms with Gasteiger partial charge in [-0.3, -0.25) is 0 Å². The summed E-state index contributed by atoms with van der Waals surface area (Å²) in [5, 5.41) is 13.1. The molecule has 0 fully saturated rings. The zero-order valence-electron chi connectivity index (χ0n) is 36.7. The minimum Gasteiger partial charge on any atom is -0.308 e. The lowest BCUT2D eigenvalue weighted by Gasteiger charge is -2.29. The number of hydrogen-bond acceptors (Lipinski definition) is 1. The quantitative estimate of drug-likeness (QED) is 0.174. The van der Waals surface area contributed by atoms with Gasteiger partial charge in [0.25, 0.3) is 0 Å². The van der Waals surface area contributed by atoms with E-state index in [0.717, 1.165) is 11.4 Å². The molecule has 0 aliphatic carbocycles. The topological polar surface area (TPSA) is 12.1 Å². The van der Waals surface area contributed by atoms with Crippen molar-refractivity contribution in [3.05, 3.63) is 162 Å². The van der Waals surface area contributed by atoms with Gasteiger partial charge in [-0.2, -0.15) is 0 Å². The van der Waals surface area contributed by atoms with Crippen molar-refractivity contribution in [3.8, 4) is 0 Å². The normalized spacial score (nSPS) is 13.3. The Morgan fingerprint density at radius 2 is 0.689 bits per heavy atom. The number of fused-ring (bicyclic) bond motifs is 13. The smallest absolute Gasteiger partial charge is 0.0783 e. The maximum Gasteiger partial charge on any atom is 0.0783 e. The molecule has 0 saturated heterocycles. The van der Waals surface area contributed by atoms with Crippen LogP contribution in [0.4, 0.5) is 17.1 Å². The average molecular weight is 790 g/mol. The summed E-state index contributed by atoms with van der Waals surface area (Å²) in [6, 6.07) is 55.5. The van der Waals surface area contributed by atoms with Gasteiger partial charge in [-0.15, -0.1) is 0 Å². The van der Waals surface area contributed by atoms with Gasteiger partial charge < -0.3 is 13.7 Å². The first-order chi connectivity index (χ1) is 29.1. The number of para-hydroxylation sites is 2. The monoisotopic (exact) mass is 789 g/mol. The highest BCUT2D eigenvalue weighted by Gasteiger charge is 2.30. The molecule has 0 amide bonds. The van der Waals surface area contributed by atoms with Crippen molar-refractivity contribution < 1.29 is 0 Å². The predicted molar refractivity (Wildman–Crippen MR) is 264 cm³/mol. The standard InChI is InChI=1S/C58H51N3/c1-56(2,3)36-26-44-41-24-34-18-16-17-19-35(34)25-49(41)60-50-32-43-46-28-37(57(4,5)6)29-47-48-30-38(58(7,8)9)31-52(59(39-20-12-10-13-21-39)40-22-14-11-15-23-40)55(48)61(54(46)47)51(43)33-42(50)45(27-36)53(44)60/h10-33H,1-9H3. The molecule has 0 unspecified atom stereocenters. The fourth-order valence-electron chi connectivity index (χ4n) is 10.4. The molecular weight excluding hydrogens is 739 g/mol. The zero-order valence-corrected chi connectivity index (χ0v) is 36.7. The fourth-order valence-corrected chi connectivity index (χ4v) is 10.4. The van der Waals surface area contributed by atoms with Crippen molar-refractivity contribution in [2.75, 3.05) is 4.90 Å². The molecule has 12 aromatic rings. The Morgan fingerprint density at radius 1 is 0.328 bits per heavy atom. The van der Waals surface area contributed by atoms with Gasteiger partial charge in [0.15, 0.2) is 0 Å². The number of hydrogen-bond donors (Lipinski definition) is 0. The van der Waals surface area contributed by atoms with Gasteiger partial charge in [0.1, 0.15) is 0 Å². The lowest BCUT2D eigenvalue weighted by Crippen LogP contribution is -2.15. The Labute approximate surface area is 357 Å². The van der Waals surface area contributed by atoms with Crippen LogP contribution in [0.2, 0.25) is 0 Å². The minimum absolute atomic E-state index is 0.0180. The SMILES string of the molecule is CC(C)(C)c1cc(N(c2ccccc2)c2ccccc2)c2c(c1)c1cc(C(C)(C)C)cc3c4cc5c(cc4n2c31)c1cc(C(C)(C)C)cc2c3cc4ccccc4cc3n5c21. The van der Waals surface area contributed by atoms with Crippen LogP contribution in [-0.2, 0) is 16.2 Å². The van der Waals surface area contributed by atoms with E-state index in [1.165, 1.54) is 109 Å². The van der Waals surface area contributed by atoms with Gasteiger partial charge in [0.05, 0.1) is 38.8 Å². The van der Waals surface area contributed by atoms with E-state index in [-0.39, 0.29) is 16.2 Å². The summed E-state index contributed by atoms with van der Waals surface area (Å²) < 4.78 is 5.21. The summed E-state index contributed by atoms with van der Waals surface area (Å²) in [5.74, 6) is 0. The Kier molecular flexibility index (Phi) is 7.16. The summed E-state index contributed by atoms with van der Waals surface area (Å²) >= 11 is 0. The molecule has 0 atom stereocenters. The zero-order chi connectivity index (χ0) is 41.9. The molecule has 0 aliphatic heterocycles. The predicted octanol–water partition coefficient (Wildman–Crippen LogP) is 16.5. The summed E-state index contributed by atoms with van der Waals surface area (Å²) in [7, 11) is 0. The van der Waals surface area contributed by atoms with E-state index in [1.54, 1.807) is 0 Å². The highest BCUT2D eigenvalue weighted by molar-refractivity contribution is 6.30.